The summed E-state index contributed by atoms with van der Waals surface area (Å²) in [6.45, 7) is 9.51. The number of nitrogens with zero attached hydrogens (tertiary/aromatic N) is 1. The van der Waals surface area contributed by atoms with E-state index in [0.717, 1.165) is 17.7 Å². The van der Waals surface area contributed by atoms with Crippen molar-refractivity contribution in [3.63, 3.8) is 0 Å². The molecule has 0 aliphatic carbocycles. The van der Waals surface area contributed by atoms with Gasteiger partial charge in [-0.1, -0.05) is 34.1 Å². The summed E-state index contributed by atoms with van der Waals surface area (Å²) in [5, 5.41) is 14.1. The molecule has 20 heavy (non-hydrogen) atoms. The molecule has 0 amide bonds. The second kappa shape index (κ2) is 7.85. The third-order valence-electron chi connectivity index (χ3n) is 3.18. The number of rotatable bonds is 8. The highest BCUT2D eigenvalue weighted by Crippen LogP contribution is 2.25. The smallest absolute Gasteiger partial charge is 0.270 e. The van der Waals surface area contributed by atoms with Crippen molar-refractivity contribution in [3.05, 3.63) is 33.9 Å². The summed E-state index contributed by atoms with van der Waals surface area (Å²) in [6.07, 6.45) is 1.05. The number of nitrogens with one attached hydrogen (secondary N) is 1. The summed E-state index contributed by atoms with van der Waals surface area (Å²) in [5.41, 5.74) is 0.928. The molecule has 1 atom stereocenters. The highest BCUT2D eigenvalue weighted by molar-refractivity contribution is 5.43. The number of nitro groups is 1. The van der Waals surface area contributed by atoms with E-state index in [2.05, 4.69) is 19.2 Å². The Hall–Kier alpha value is -1.62. The minimum atomic E-state index is -0.378. The predicted octanol–water partition coefficient (Wildman–Crippen LogP) is 3.52. The monoisotopic (exact) mass is 280 g/mol. The molecule has 1 unspecified atom stereocenters. The van der Waals surface area contributed by atoms with Crippen molar-refractivity contribution in [3.8, 4) is 5.75 Å². The van der Waals surface area contributed by atoms with E-state index >= 15 is 0 Å². The van der Waals surface area contributed by atoms with Crippen LogP contribution in [0.4, 0.5) is 5.69 Å². The van der Waals surface area contributed by atoms with Crippen molar-refractivity contribution in [2.75, 3.05) is 6.61 Å². The maximum absolute atomic E-state index is 10.9. The maximum Gasteiger partial charge on any atom is 0.270 e. The van der Waals surface area contributed by atoms with Gasteiger partial charge in [0.05, 0.1) is 11.5 Å². The Kier molecular flexibility index (Phi) is 6.45. The Morgan fingerprint density at radius 2 is 2.05 bits per heavy atom. The maximum atomic E-state index is 10.9. The molecule has 0 spiro atoms. The summed E-state index contributed by atoms with van der Waals surface area (Å²) >= 11 is 0. The van der Waals surface area contributed by atoms with Crippen molar-refractivity contribution in [1.82, 2.24) is 5.32 Å². The molecule has 0 aromatic heterocycles. The molecule has 5 nitrogen and oxygen atoms in total. The summed E-state index contributed by atoms with van der Waals surface area (Å²) in [4.78, 5) is 10.5. The molecule has 0 bridgehead atoms. The third kappa shape index (κ3) is 5.17. The van der Waals surface area contributed by atoms with Gasteiger partial charge in [0.25, 0.3) is 5.69 Å². The minimum Gasteiger partial charge on any atom is -0.493 e. The highest BCUT2D eigenvalue weighted by atomic mass is 16.6. The molecular formula is C15H24N2O3. The zero-order chi connectivity index (χ0) is 15.1. The average Bonchev–Trinajstić information content (AvgIpc) is 2.42. The molecule has 0 saturated heterocycles. The lowest BCUT2D eigenvalue weighted by atomic mass is 10.1. The van der Waals surface area contributed by atoms with Crippen molar-refractivity contribution in [2.24, 2.45) is 5.92 Å². The van der Waals surface area contributed by atoms with Gasteiger partial charge in [0.1, 0.15) is 5.75 Å². The van der Waals surface area contributed by atoms with E-state index < -0.39 is 0 Å². The summed E-state index contributed by atoms with van der Waals surface area (Å²) < 4.78 is 5.79. The zero-order valence-electron chi connectivity index (χ0n) is 12.7. The van der Waals surface area contributed by atoms with Gasteiger partial charge in [0, 0.05) is 30.3 Å². The van der Waals surface area contributed by atoms with Crippen LogP contribution in [-0.4, -0.2) is 17.6 Å². The van der Waals surface area contributed by atoms with E-state index in [0.29, 0.717) is 25.1 Å². The van der Waals surface area contributed by atoms with Gasteiger partial charge in [-0.3, -0.25) is 10.1 Å². The molecule has 1 aromatic carbocycles. The second-order valence-corrected chi connectivity index (χ2v) is 5.41. The fraction of sp³-hybridized carbons (Fsp3) is 0.600. The second-order valence-electron chi connectivity index (χ2n) is 5.41. The Labute approximate surface area is 120 Å². The number of benzene rings is 1. The number of hydrogen-bond acceptors (Lipinski definition) is 4. The topological polar surface area (TPSA) is 64.4 Å². The van der Waals surface area contributed by atoms with Gasteiger partial charge >= 0.3 is 0 Å². The van der Waals surface area contributed by atoms with Gasteiger partial charge in [-0.15, -0.1) is 0 Å². The van der Waals surface area contributed by atoms with Gasteiger partial charge in [0.2, 0.25) is 0 Å². The standard InChI is InChI=1S/C15H24N2O3/c1-5-12(4)10-20-15-7-6-14(17(18)19)8-13(15)9-16-11(2)3/h6-8,11-12,16H,5,9-10H2,1-4H3. The van der Waals surface area contributed by atoms with Crippen LogP contribution < -0.4 is 10.1 Å². The highest BCUT2D eigenvalue weighted by Gasteiger charge is 2.12. The van der Waals surface area contributed by atoms with Crippen LogP contribution in [0.2, 0.25) is 0 Å². The first kappa shape index (κ1) is 16.4. The number of ether oxygens (including phenoxy) is 1. The minimum absolute atomic E-state index is 0.0986. The predicted molar refractivity (Wildman–Crippen MR) is 80.0 cm³/mol. The largest absolute Gasteiger partial charge is 0.493 e. The fourth-order valence-electron chi connectivity index (χ4n) is 1.62. The van der Waals surface area contributed by atoms with Crippen LogP contribution in [-0.2, 0) is 6.54 Å². The molecule has 0 aliphatic heterocycles. The number of non-ortho nitro benzene ring substituents is 1. The molecular weight excluding hydrogens is 256 g/mol. The van der Waals surface area contributed by atoms with Crippen molar-refractivity contribution < 1.29 is 9.66 Å². The van der Waals surface area contributed by atoms with Gasteiger partial charge in [-0.05, 0) is 12.0 Å². The number of hydrogen-bond donors (Lipinski definition) is 1. The molecule has 0 radical (unpaired) electrons. The lowest BCUT2D eigenvalue weighted by Gasteiger charge is -2.15. The van der Waals surface area contributed by atoms with Crippen molar-refractivity contribution in [1.29, 1.82) is 0 Å². The Balaban J connectivity index is 2.87. The fourth-order valence-corrected chi connectivity index (χ4v) is 1.62. The normalized spacial score (nSPS) is 12.4. The van der Waals surface area contributed by atoms with E-state index in [1.165, 1.54) is 6.07 Å². The van der Waals surface area contributed by atoms with Crippen LogP contribution in [0.25, 0.3) is 0 Å². The van der Waals surface area contributed by atoms with Gasteiger partial charge < -0.3 is 10.1 Å². The van der Waals surface area contributed by atoms with Crippen molar-refractivity contribution in [2.45, 2.75) is 46.7 Å². The zero-order valence-corrected chi connectivity index (χ0v) is 12.7. The lowest BCUT2D eigenvalue weighted by molar-refractivity contribution is -0.384. The third-order valence-corrected chi connectivity index (χ3v) is 3.18. The molecule has 1 N–H and O–H groups in total. The quantitative estimate of drug-likeness (QED) is 0.584. The summed E-state index contributed by atoms with van der Waals surface area (Å²) in [5.74, 6) is 1.19. The first-order chi connectivity index (χ1) is 9.43. The van der Waals surface area contributed by atoms with E-state index in [1.807, 2.05) is 13.8 Å². The van der Waals surface area contributed by atoms with E-state index in [-0.39, 0.29) is 10.6 Å². The Morgan fingerprint density at radius 1 is 1.35 bits per heavy atom. The SMILES string of the molecule is CCC(C)COc1ccc([N+](=O)[O-])cc1CNC(C)C. The Bertz CT molecular complexity index is 447. The van der Waals surface area contributed by atoms with Crippen LogP contribution in [0.5, 0.6) is 5.75 Å². The molecule has 0 aliphatic rings. The molecule has 0 fully saturated rings. The first-order valence-electron chi connectivity index (χ1n) is 7.07. The van der Waals surface area contributed by atoms with Gasteiger partial charge in [-0.25, -0.2) is 0 Å². The van der Waals surface area contributed by atoms with Crippen molar-refractivity contribution >= 4 is 5.69 Å². The molecule has 5 heteroatoms. The van der Waals surface area contributed by atoms with E-state index in [1.54, 1.807) is 12.1 Å². The van der Waals surface area contributed by atoms with E-state index in [4.69, 9.17) is 4.74 Å². The molecule has 0 saturated carbocycles. The van der Waals surface area contributed by atoms with Crippen LogP contribution >= 0.6 is 0 Å². The summed E-state index contributed by atoms with van der Waals surface area (Å²) in [7, 11) is 0. The van der Waals surface area contributed by atoms with Crippen LogP contribution in [0.15, 0.2) is 18.2 Å². The summed E-state index contributed by atoms with van der Waals surface area (Å²) in [6, 6.07) is 5.08. The van der Waals surface area contributed by atoms with E-state index in [9.17, 15) is 10.1 Å². The van der Waals surface area contributed by atoms with Crippen LogP contribution in [0.3, 0.4) is 0 Å². The van der Waals surface area contributed by atoms with Gasteiger partial charge in [-0.2, -0.15) is 0 Å². The average molecular weight is 280 g/mol. The first-order valence-corrected chi connectivity index (χ1v) is 7.07. The van der Waals surface area contributed by atoms with Gasteiger partial charge in [0.15, 0.2) is 0 Å². The van der Waals surface area contributed by atoms with Crippen LogP contribution in [0, 0.1) is 16.0 Å². The van der Waals surface area contributed by atoms with Crippen LogP contribution in [0.1, 0.15) is 39.7 Å². The lowest BCUT2D eigenvalue weighted by Crippen LogP contribution is -2.22. The molecule has 112 valence electrons. The number of nitro benzene ring substituents is 1. The Morgan fingerprint density at radius 3 is 2.60 bits per heavy atom. The molecule has 1 aromatic rings. The molecule has 1 rings (SSSR count). The molecule has 0 heterocycles.